The summed E-state index contributed by atoms with van der Waals surface area (Å²) in [7, 11) is -13.1. The van der Waals surface area contributed by atoms with Crippen molar-refractivity contribution in [1.82, 2.24) is 9.64 Å². The van der Waals surface area contributed by atoms with Crippen LogP contribution in [-0.4, -0.2) is 119 Å². The fourth-order valence-corrected chi connectivity index (χ4v) is 8.86. The molecular formula is C40H50N3O16S3+. The second-order valence-corrected chi connectivity index (χ2v) is 19.3. The third-order valence-corrected chi connectivity index (χ3v) is 12.9. The van der Waals surface area contributed by atoms with Crippen molar-refractivity contribution in [3.63, 3.8) is 0 Å². The Bertz CT molecular complexity index is 2570. The molecule has 3 aliphatic heterocycles. The van der Waals surface area contributed by atoms with Gasteiger partial charge in [0.25, 0.3) is 42.2 Å². The van der Waals surface area contributed by atoms with Gasteiger partial charge in [-0.2, -0.15) is 25.3 Å². The molecule has 0 bridgehead atoms. The van der Waals surface area contributed by atoms with Gasteiger partial charge in [-0.3, -0.25) is 23.2 Å². The summed E-state index contributed by atoms with van der Waals surface area (Å²) in [6.07, 6.45) is 7.07. The van der Waals surface area contributed by atoms with Crippen LogP contribution in [0, 0.1) is 0 Å². The van der Waals surface area contributed by atoms with Crippen molar-refractivity contribution >= 4 is 59.9 Å². The molecule has 1 unspecified atom stereocenters. The fourth-order valence-electron chi connectivity index (χ4n) is 7.35. The lowest BCUT2D eigenvalue weighted by Gasteiger charge is -2.30. The first-order chi connectivity index (χ1) is 29.2. The minimum atomic E-state index is -4.63. The van der Waals surface area contributed by atoms with Gasteiger partial charge in [0, 0.05) is 54.2 Å². The van der Waals surface area contributed by atoms with Gasteiger partial charge in [-0.1, -0.05) is 12.2 Å². The van der Waals surface area contributed by atoms with E-state index < -0.39 is 59.3 Å². The van der Waals surface area contributed by atoms with Crippen LogP contribution in [0.5, 0.6) is 0 Å². The molecule has 5 rings (SSSR count). The number of amides is 2. The number of imide groups is 1. The highest BCUT2D eigenvalue weighted by Crippen LogP contribution is 2.51. The third kappa shape index (κ3) is 12.9. The SMILES string of the molecule is CC[N+](CCCS(=O)(=O)O)=c1ccc2c(/C=C/C=C3/N(CCOCCOCCC(=O)ON4C(=O)CCC4=O)c4ccc(S(=O)(=O)O)cc4C3(C)CCCS(=O)(=O)O)ccoc-2c1. The number of hydrogen-bond acceptors (Lipinski definition) is 14. The monoisotopic (exact) mass is 924 g/mol. The van der Waals surface area contributed by atoms with Gasteiger partial charge in [0.15, 0.2) is 0 Å². The molecule has 1 saturated heterocycles. The van der Waals surface area contributed by atoms with Crippen LogP contribution >= 0.6 is 0 Å². The highest BCUT2D eigenvalue weighted by atomic mass is 32.2. The minimum absolute atomic E-state index is 0.00352. The predicted molar refractivity (Wildman–Crippen MR) is 224 cm³/mol. The van der Waals surface area contributed by atoms with Gasteiger partial charge in [-0.25, -0.2) is 9.37 Å². The lowest BCUT2D eigenvalue weighted by Crippen LogP contribution is -2.32. The van der Waals surface area contributed by atoms with Crippen molar-refractivity contribution in [3.05, 3.63) is 83.1 Å². The molecule has 0 radical (unpaired) electrons. The summed E-state index contributed by atoms with van der Waals surface area (Å²) in [4.78, 5) is 41.7. The second kappa shape index (κ2) is 20.6. The molecule has 1 fully saturated rings. The number of ether oxygens (including phenoxy) is 2. The molecule has 1 aromatic rings. The zero-order chi connectivity index (χ0) is 45.3. The summed E-state index contributed by atoms with van der Waals surface area (Å²) in [5, 5.41) is 1.25. The lowest BCUT2D eigenvalue weighted by atomic mass is 9.77. The van der Waals surface area contributed by atoms with Crippen molar-refractivity contribution in [1.29, 1.82) is 0 Å². The molecule has 3 N–H and O–H groups in total. The van der Waals surface area contributed by atoms with Gasteiger partial charge in [0.2, 0.25) is 5.36 Å². The van der Waals surface area contributed by atoms with E-state index in [1.54, 1.807) is 18.2 Å². The van der Waals surface area contributed by atoms with E-state index in [-0.39, 0.29) is 82.1 Å². The van der Waals surface area contributed by atoms with Crippen LogP contribution in [0.3, 0.4) is 0 Å². The van der Waals surface area contributed by atoms with E-state index in [4.69, 9.17) is 23.3 Å². The molecular weight excluding hydrogens is 875 g/mol. The Labute approximate surface area is 359 Å². The van der Waals surface area contributed by atoms with Crippen LogP contribution in [0.25, 0.3) is 17.4 Å². The maximum Gasteiger partial charge on any atom is 0.335 e. The fraction of sp³-hybridized carbons (Fsp3) is 0.450. The Kier molecular flexibility index (Phi) is 16.0. The summed E-state index contributed by atoms with van der Waals surface area (Å²) in [5.74, 6) is -2.34. The Hall–Kier alpha value is -4.81. The standard InChI is InChI=1S/C40H49N3O16S3/c1-3-41(18-6-26-61(50,51)52)30-9-11-32-29(15-21-58-35(32)27-30)7-4-8-36-40(2,17-5-25-60(47,48)49)33-28-31(62(53,54)55)10-12-34(33)42(36)19-22-57-24-23-56-20-16-39(46)59-43-37(44)13-14-38(43)45/h4,7-12,15,21,27-28H,3,5-6,13-14,16-20,22-26H2,1-2H3,(H2-,47,48,49,50,51,52,53,54,55)/p+1. The molecule has 338 valence electrons. The van der Waals surface area contributed by atoms with Crippen molar-refractivity contribution in [2.45, 2.75) is 62.7 Å². The van der Waals surface area contributed by atoms with Gasteiger partial charge in [0.05, 0.1) is 61.6 Å². The van der Waals surface area contributed by atoms with Crippen molar-refractivity contribution in [2.24, 2.45) is 0 Å². The van der Waals surface area contributed by atoms with E-state index >= 15 is 0 Å². The number of allylic oxidation sites excluding steroid dienone is 3. The Balaban J connectivity index is 1.37. The first kappa shape index (κ1) is 48.2. The number of hydroxylamine groups is 2. The van der Waals surface area contributed by atoms with Crippen LogP contribution < -0.4 is 14.8 Å². The van der Waals surface area contributed by atoms with E-state index in [1.807, 2.05) is 53.7 Å². The summed E-state index contributed by atoms with van der Waals surface area (Å²) < 4.78 is 118. The highest BCUT2D eigenvalue weighted by Gasteiger charge is 2.44. The molecule has 0 spiro atoms. The first-order valence-electron chi connectivity index (χ1n) is 19.7. The normalized spacial score (nSPS) is 18.4. The number of rotatable bonds is 22. The quantitative estimate of drug-likeness (QED) is 0.0566. The molecule has 2 amide bonds. The van der Waals surface area contributed by atoms with E-state index in [2.05, 4.69) is 0 Å². The number of fused-ring (bicyclic) bond motifs is 2. The molecule has 1 aromatic carbocycles. The van der Waals surface area contributed by atoms with Crippen molar-refractivity contribution in [2.75, 3.05) is 62.5 Å². The topological polar surface area (TPSA) is 265 Å². The average molecular weight is 925 g/mol. The first-order valence-corrected chi connectivity index (χ1v) is 24.4. The van der Waals surface area contributed by atoms with E-state index in [0.29, 0.717) is 40.9 Å². The van der Waals surface area contributed by atoms with E-state index in [1.165, 1.54) is 18.4 Å². The Morgan fingerprint density at radius 1 is 0.887 bits per heavy atom. The molecule has 62 heavy (non-hydrogen) atoms. The van der Waals surface area contributed by atoms with E-state index in [9.17, 15) is 48.7 Å². The Morgan fingerprint density at radius 2 is 1.56 bits per heavy atom. The molecule has 4 aliphatic rings. The molecule has 19 nitrogen and oxygen atoms in total. The second-order valence-electron chi connectivity index (χ2n) is 14.7. The van der Waals surface area contributed by atoms with Gasteiger partial charge in [0.1, 0.15) is 18.8 Å². The molecule has 0 aromatic heterocycles. The lowest BCUT2D eigenvalue weighted by molar-refractivity contribution is -0.198. The maximum atomic E-state index is 12.3. The smallest absolute Gasteiger partial charge is 0.335 e. The molecule has 0 saturated carbocycles. The number of nitrogens with zero attached hydrogens (tertiary/aromatic N) is 3. The van der Waals surface area contributed by atoms with Gasteiger partial charge < -0.3 is 23.6 Å². The molecule has 22 heteroatoms. The summed E-state index contributed by atoms with van der Waals surface area (Å²) in [5.41, 5.74) is 2.19. The summed E-state index contributed by atoms with van der Waals surface area (Å²) in [6.45, 7) is 5.19. The largest absolute Gasteiger partial charge is 0.464 e. The zero-order valence-corrected chi connectivity index (χ0v) is 36.6. The summed E-state index contributed by atoms with van der Waals surface area (Å²) in [6, 6.07) is 11.5. The number of anilines is 1. The van der Waals surface area contributed by atoms with Crippen molar-refractivity contribution < 1.29 is 72.0 Å². The van der Waals surface area contributed by atoms with Crippen LogP contribution in [0.2, 0.25) is 0 Å². The minimum Gasteiger partial charge on any atom is -0.464 e. The van der Waals surface area contributed by atoms with Gasteiger partial charge in [-0.15, -0.1) is 5.06 Å². The number of carbonyl (C=O) groups excluding carboxylic acids is 3. The highest BCUT2D eigenvalue weighted by molar-refractivity contribution is 7.86. The van der Waals surface area contributed by atoms with Gasteiger partial charge in [-0.05, 0) is 74.2 Å². The number of hydrogen-bond donors (Lipinski definition) is 3. The predicted octanol–water partition coefficient (Wildman–Crippen LogP) is 3.07. The third-order valence-electron chi connectivity index (χ3n) is 10.4. The van der Waals surface area contributed by atoms with Crippen molar-refractivity contribution in [3.8, 4) is 11.3 Å². The van der Waals surface area contributed by atoms with Gasteiger partial charge >= 0.3 is 5.97 Å². The van der Waals surface area contributed by atoms with Crippen LogP contribution in [0.15, 0.2) is 75.9 Å². The van der Waals surface area contributed by atoms with Crippen LogP contribution in [0.1, 0.15) is 63.5 Å². The summed E-state index contributed by atoms with van der Waals surface area (Å²) >= 11 is 0. The van der Waals surface area contributed by atoms with E-state index in [0.717, 1.165) is 16.5 Å². The maximum absolute atomic E-state index is 12.3. The Morgan fingerprint density at radius 3 is 2.23 bits per heavy atom. The molecule has 3 heterocycles. The van der Waals surface area contributed by atoms with Crippen LogP contribution in [-0.2, 0) is 64.5 Å². The number of benzene rings is 2. The average Bonchev–Trinajstić information content (AvgIpc) is 3.63. The number of carbonyl (C=O) groups is 3. The van der Waals surface area contributed by atoms with Crippen LogP contribution in [0.4, 0.5) is 5.69 Å². The molecule has 1 atom stereocenters. The zero-order valence-electron chi connectivity index (χ0n) is 34.2. The molecule has 1 aliphatic carbocycles.